The molecule has 2 N–H and O–H groups in total. The van der Waals surface area contributed by atoms with Crippen LogP contribution in [0.4, 0.5) is 10.6 Å². The number of ether oxygens (including phenoxy) is 2. The van der Waals surface area contributed by atoms with E-state index in [9.17, 15) is 9.59 Å². The molecule has 0 saturated carbocycles. The zero-order chi connectivity index (χ0) is 30.1. The molecule has 1 aliphatic rings. The van der Waals surface area contributed by atoms with Crippen molar-refractivity contribution in [1.82, 2.24) is 14.8 Å². The Bertz CT molecular complexity index is 1420. The predicted octanol–water partition coefficient (Wildman–Crippen LogP) is 6.56. The van der Waals surface area contributed by atoms with Gasteiger partial charge < -0.3 is 20.1 Å². The van der Waals surface area contributed by atoms with Crippen molar-refractivity contribution in [2.24, 2.45) is 0 Å². The lowest BCUT2D eigenvalue weighted by molar-refractivity contribution is -0.0130. The van der Waals surface area contributed by atoms with Gasteiger partial charge in [-0.2, -0.15) is 0 Å². The quantitative estimate of drug-likeness (QED) is 0.381. The Morgan fingerprint density at radius 2 is 1.63 bits per heavy atom. The Kier molecular flexibility index (Phi) is 8.61. The molecule has 3 unspecified atom stereocenters. The second kappa shape index (κ2) is 11.8. The summed E-state index contributed by atoms with van der Waals surface area (Å²) in [6, 6.07) is 15.4. The van der Waals surface area contributed by atoms with Crippen molar-refractivity contribution in [3.05, 3.63) is 77.0 Å². The number of hydrogen-bond donors (Lipinski definition) is 1. The Hall–Kier alpha value is -4.07. The molecule has 218 valence electrons. The van der Waals surface area contributed by atoms with E-state index in [0.717, 1.165) is 27.8 Å². The lowest BCUT2D eigenvalue weighted by Gasteiger charge is -2.44. The second-order valence-electron chi connectivity index (χ2n) is 12.0. The molecule has 3 aromatic rings. The molecular formula is C33H42N4O4. The average molecular weight is 559 g/mol. The number of aryl methyl sites for hydroxylation is 2. The van der Waals surface area contributed by atoms with Crippen molar-refractivity contribution in [2.75, 3.05) is 18.8 Å². The number of nitrogens with zero attached hydrogens (tertiary/aromatic N) is 3. The van der Waals surface area contributed by atoms with Gasteiger partial charge in [0.25, 0.3) is 5.91 Å². The predicted molar refractivity (Wildman–Crippen MR) is 162 cm³/mol. The van der Waals surface area contributed by atoms with Gasteiger partial charge in [-0.1, -0.05) is 36.4 Å². The number of carbonyl (C=O) groups is 2. The highest BCUT2D eigenvalue weighted by molar-refractivity contribution is 5.96. The number of carbonyl (C=O) groups excluding carboxylic acids is 2. The third-order valence-electron chi connectivity index (χ3n) is 7.41. The smallest absolute Gasteiger partial charge is 0.410 e. The minimum atomic E-state index is -0.575. The minimum Gasteiger partial charge on any atom is -0.482 e. The first kappa shape index (κ1) is 29.9. The number of rotatable bonds is 5. The second-order valence-corrected chi connectivity index (χ2v) is 12.0. The summed E-state index contributed by atoms with van der Waals surface area (Å²) in [5.74, 6) is 0.788. The van der Waals surface area contributed by atoms with Gasteiger partial charge in [0.05, 0.1) is 12.1 Å². The van der Waals surface area contributed by atoms with Crippen LogP contribution in [0.25, 0.3) is 11.1 Å². The van der Waals surface area contributed by atoms with Crippen LogP contribution < -0.4 is 10.5 Å². The molecule has 0 aliphatic carbocycles. The molecule has 1 aromatic heterocycles. The van der Waals surface area contributed by atoms with Crippen LogP contribution in [0.3, 0.4) is 0 Å². The number of anilines is 1. The molecule has 1 aliphatic heterocycles. The van der Waals surface area contributed by atoms with Crippen LogP contribution in [-0.2, 0) is 4.74 Å². The number of nitrogen functional groups attached to an aromatic ring is 1. The summed E-state index contributed by atoms with van der Waals surface area (Å²) in [7, 11) is 0. The van der Waals surface area contributed by atoms with E-state index in [2.05, 4.69) is 18.0 Å². The average Bonchev–Trinajstić information content (AvgIpc) is 2.88. The molecule has 2 aromatic carbocycles. The van der Waals surface area contributed by atoms with Gasteiger partial charge in [-0.15, -0.1) is 0 Å². The fourth-order valence-corrected chi connectivity index (χ4v) is 5.42. The van der Waals surface area contributed by atoms with Gasteiger partial charge in [-0.3, -0.25) is 9.69 Å². The maximum Gasteiger partial charge on any atom is 0.410 e. The number of benzene rings is 2. The summed E-state index contributed by atoms with van der Waals surface area (Å²) >= 11 is 0. The van der Waals surface area contributed by atoms with Gasteiger partial charge in [-0.05, 0) is 89.8 Å². The summed E-state index contributed by atoms with van der Waals surface area (Å²) in [6.07, 6.45) is 1.17. The third-order valence-corrected chi connectivity index (χ3v) is 7.41. The number of piperazine rings is 1. The van der Waals surface area contributed by atoms with E-state index in [4.69, 9.17) is 15.2 Å². The Balaban J connectivity index is 1.50. The van der Waals surface area contributed by atoms with Crippen molar-refractivity contribution < 1.29 is 19.1 Å². The first-order chi connectivity index (χ1) is 19.2. The van der Waals surface area contributed by atoms with E-state index in [-0.39, 0.29) is 30.2 Å². The number of aromatic nitrogens is 1. The van der Waals surface area contributed by atoms with Crippen LogP contribution in [0.2, 0.25) is 0 Å². The van der Waals surface area contributed by atoms with Crippen LogP contribution >= 0.6 is 0 Å². The molecule has 8 heteroatoms. The van der Waals surface area contributed by atoms with E-state index < -0.39 is 5.60 Å². The molecule has 2 amide bonds. The van der Waals surface area contributed by atoms with Gasteiger partial charge in [0, 0.05) is 30.4 Å². The highest BCUT2D eigenvalue weighted by atomic mass is 16.6. The monoisotopic (exact) mass is 558 g/mol. The number of amides is 2. The van der Waals surface area contributed by atoms with Crippen LogP contribution in [0.15, 0.2) is 54.7 Å². The van der Waals surface area contributed by atoms with E-state index in [1.807, 2.05) is 95.8 Å². The van der Waals surface area contributed by atoms with Gasteiger partial charge in [0.15, 0.2) is 11.6 Å². The molecule has 2 heterocycles. The number of hydrogen-bond acceptors (Lipinski definition) is 6. The van der Waals surface area contributed by atoms with Gasteiger partial charge in [0.1, 0.15) is 11.7 Å². The first-order valence-electron chi connectivity index (χ1n) is 14.1. The zero-order valence-corrected chi connectivity index (χ0v) is 25.4. The fraction of sp³-hybridized carbons (Fsp3) is 0.424. The summed E-state index contributed by atoms with van der Waals surface area (Å²) in [5, 5.41) is 0. The lowest BCUT2D eigenvalue weighted by atomic mass is 9.99. The molecular weight excluding hydrogens is 516 g/mol. The topological polar surface area (TPSA) is 98.0 Å². The van der Waals surface area contributed by atoms with E-state index in [0.29, 0.717) is 30.2 Å². The first-order valence-corrected chi connectivity index (χ1v) is 14.1. The van der Waals surface area contributed by atoms with E-state index >= 15 is 0 Å². The third kappa shape index (κ3) is 6.81. The van der Waals surface area contributed by atoms with Crippen molar-refractivity contribution in [1.29, 1.82) is 0 Å². The summed E-state index contributed by atoms with van der Waals surface area (Å²) in [4.78, 5) is 34.3. The van der Waals surface area contributed by atoms with E-state index in [1.54, 1.807) is 11.1 Å². The molecule has 4 rings (SSSR count). The van der Waals surface area contributed by atoms with Crippen LogP contribution in [0.5, 0.6) is 5.75 Å². The van der Waals surface area contributed by atoms with Crippen LogP contribution in [0.1, 0.15) is 74.7 Å². The molecule has 3 atom stereocenters. The Morgan fingerprint density at radius 3 is 2.24 bits per heavy atom. The maximum atomic E-state index is 13.6. The lowest BCUT2D eigenvalue weighted by Crippen LogP contribution is -2.60. The highest BCUT2D eigenvalue weighted by Gasteiger charge is 2.37. The largest absolute Gasteiger partial charge is 0.482 e. The Morgan fingerprint density at radius 1 is 0.976 bits per heavy atom. The Labute approximate surface area is 243 Å². The maximum absolute atomic E-state index is 13.6. The van der Waals surface area contributed by atoms with Crippen molar-refractivity contribution >= 4 is 17.8 Å². The van der Waals surface area contributed by atoms with Crippen LogP contribution in [-0.4, -0.2) is 57.6 Å². The normalized spacial score (nSPS) is 18.1. The molecule has 0 radical (unpaired) electrons. The summed E-state index contributed by atoms with van der Waals surface area (Å²) in [6.45, 7) is 16.3. The molecule has 0 spiro atoms. The van der Waals surface area contributed by atoms with Gasteiger partial charge in [-0.25, -0.2) is 9.78 Å². The minimum absolute atomic E-state index is 0.0527. The van der Waals surface area contributed by atoms with Crippen molar-refractivity contribution in [3.8, 4) is 16.9 Å². The zero-order valence-electron chi connectivity index (χ0n) is 25.4. The number of pyridine rings is 1. The highest BCUT2D eigenvalue weighted by Crippen LogP contribution is 2.32. The molecule has 1 saturated heterocycles. The fourth-order valence-electron chi connectivity index (χ4n) is 5.42. The SMILES string of the molecule is Cc1cc(-c2cnc(N)c(OC(C)c3ccccc3C)c2)ccc1C(=O)N1CC(C)N(C(=O)OC(C)(C)C)C(C)C1. The van der Waals surface area contributed by atoms with Gasteiger partial charge in [0.2, 0.25) is 0 Å². The summed E-state index contributed by atoms with van der Waals surface area (Å²) < 4.78 is 11.8. The van der Waals surface area contributed by atoms with Gasteiger partial charge >= 0.3 is 6.09 Å². The number of nitrogens with two attached hydrogens (primary N) is 1. The van der Waals surface area contributed by atoms with Crippen molar-refractivity contribution in [2.45, 2.75) is 79.2 Å². The summed E-state index contributed by atoms with van der Waals surface area (Å²) in [5.41, 5.74) is 11.1. The van der Waals surface area contributed by atoms with Crippen LogP contribution in [0, 0.1) is 13.8 Å². The molecule has 8 nitrogen and oxygen atoms in total. The molecule has 0 bridgehead atoms. The molecule has 41 heavy (non-hydrogen) atoms. The molecule has 1 fully saturated rings. The van der Waals surface area contributed by atoms with Crippen molar-refractivity contribution in [3.63, 3.8) is 0 Å². The van der Waals surface area contributed by atoms with E-state index in [1.165, 1.54) is 0 Å². The standard InChI is InChI=1S/C33H42N4O4/c1-20-11-9-10-12-27(20)24(5)40-29-16-26(17-35-30(29)34)25-13-14-28(21(2)15-25)31(38)36-18-22(3)37(23(4)19-36)32(39)41-33(6,7)8/h9-17,22-24H,18-19H2,1-8H3,(H2,34,35).